The molecule has 0 spiro atoms. The van der Waals surface area contributed by atoms with E-state index in [9.17, 15) is 5.26 Å². The van der Waals surface area contributed by atoms with Crippen molar-refractivity contribution in [2.75, 3.05) is 4.90 Å². The van der Waals surface area contributed by atoms with E-state index in [1.807, 2.05) is 42.5 Å². The Labute approximate surface area is 448 Å². The average Bonchev–Trinajstić information content (AvgIpc) is 4.04. The van der Waals surface area contributed by atoms with E-state index in [0.717, 1.165) is 99.3 Å². The lowest BCUT2D eigenvalue weighted by atomic mass is 9.82. The molecule has 0 aliphatic heterocycles. The van der Waals surface area contributed by atoms with Crippen LogP contribution in [0.25, 0.3) is 120 Å². The van der Waals surface area contributed by atoms with Crippen LogP contribution in [0.15, 0.2) is 235 Å². The molecule has 0 fully saturated rings. The van der Waals surface area contributed by atoms with Crippen molar-refractivity contribution in [1.82, 2.24) is 13.7 Å². The molecule has 0 radical (unpaired) electrons. The van der Waals surface area contributed by atoms with Gasteiger partial charge in [0.05, 0.1) is 62.0 Å². The minimum atomic E-state index is -0.277. The molecule has 1 aliphatic carbocycles. The van der Waals surface area contributed by atoms with Crippen LogP contribution in [-0.4, -0.2) is 13.7 Å². The maximum atomic E-state index is 11.5. The molecule has 0 atom stereocenters. The Balaban J connectivity index is 0.963. The van der Waals surface area contributed by atoms with E-state index < -0.39 is 0 Å². The minimum Gasteiger partial charge on any atom is -0.455 e. The Morgan fingerprint density at radius 3 is 1.78 bits per heavy atom. The molecule has 0 bridgehead atoms. The summed E-state index contributed by atoms with van der Waals surface area (Å²) in [5.41, 5.74) is 18.4. The largest absolute Gasteiger partial charge is 0.455 e. The number of furan rings is 1. The maximum Gasteiger partial charge on any atom is 0.212 e. The molecule has 16 rings (SSSR count). The van der Waals surface area contributed by atoms with Gasteiger partial charge in [0.2, 0.25) is 5.69 Å². The smallest absolute Gasteiger partial charge is 0.212 e. The zero-order valence-corrected chi connectivity index (χ0v) is 42.5. The molecule has 4 aromatic heterocycles. The SMILES string of the molecule is [C-]#[N+]c1cc(-n2c3ccc(N(c4ccccc4)c4ccccc4)cc3c3c4oc5ccccc5c4ccc32)c(C#N)cc1-n1c2ccc(-n3c4ccccc4c4ccccc43)cc2c2cc3c(cc21)C(C)(C)c1ccccc1-3. The molecule has 4 heterocycles. The third-order valence-electron chi connectivity index (χ3n) is 16.6. The number of nitriles is 1. The van der Waals surface area contributed by atoms with Crippen molar-refractivity contribution >= 4 is 110 Å². The minimum absolute atomic E-state index is 0.277. The number of aromatic nitrogens is 3. The van der Waals surface area contributed by atoms with Crippen molar-refractivity contribution in [3.8, 4) is 34.3 Å². The summed E-state index contributed by atoms with van der Waals surface area (Å²) in [5.74, 6) is 0. The summed E-state index contributed by atoms with van der Waals surface area (Å²) in [6.45, 7) is 13.6. The zero-order chi connectivity index (χ0) is 52.0. The lowest BCUT2D eigenvalue weighted by Gasteiger charge is -2.25. The van der Waals surface area contributed by atoms with Gasteiger partial charge in [-0.15, -0.1) is 0 Å². The molecule has 0 unspecified atom stereocenters. The van der Waals surface area contributed by atoms with E-state index in [1.54, 1.807) is 0 Å². The number of fused-ring (bicyclic) bond motifs is 16. The standard InChI is InChI=1S/C71H44N6O/c1-71(2)57-26-14-10-22-48(57)53-39-55-54-37-47(75-60-27-15-11-23-49(60)50-24-12-16-28-61(50)75)31-33-62(54)77(66(55)40-58(53)71)67-36-43(42-72)65(41-59(67)73-3)76-63-34-30-46(74(44-18-6-4-7-19-44)45-20-8-5-9-21-45)38-56(63)69-64(76)35-32-52-51-25-13-17-29-68(51)78-70(52)69/h4-41H,1-2H3. The van der Waals surface area contributed by atoms with Gasteiger partial charge in [-0.1, -0.05) is 129 Å². The predicted molar refractivity (Wildman–Crippen MR) is 320 cm³/mol. The van der Waals surface area contributed by atoms with Crippen LogP contribution >= 0.6 is 0 Å². The highest BCUT2D eigenvalue weighted by Crippen LogP contribution is 2.52. The van der Waals surface area contributed by atoms with Gasteiger partial charge in [0.15, 0.2) is 0 Å². The molecule has 7 heteroatoms. The molecule has 15 aromatic rings. The van der Waals surface area contributed by atoms with E-state index in [4.69, 9.17) is 11.0 Å². The first-order valence-corrected chi connectivity index (χ1v) is 26.3. The van der Waals surface area contributed by atoms with Crippen molar-refractivity contribution in [2.45, 2.75) is 19.3 Å². The summed E-state index contributed by atoms with van der Waals surface area (Å²) in [6, 6.07) is 83.7. The number of hydrogen-bond acceptors (Lipinski definition) is 3. The number of rotatable bonds is 6. The van der Waals surface area contributed by atoms with E-state index >= 15 is 0 Å². The first kappa shape index (κ1) is 43.8. The lowest BCUT2D eigenvalue weighted by molar-refractivity contribution is 0.661. The van der Waals surface area contributed by atoms with Crippen LogP contribution in [0, 0.1) is 17.9 Å². The summed E-state index contributed by atoms with van der Waals surface area (Å²) < 4.78 is 13.6. The Hall–Kier alpha value is -10.6. The summed E-state index contributed by atoms with van der Waals surface area (Å²) in [4.78, 5) is 6.63. The summed E-state index contributed by atoms with van der Waals surface area (Å²) in [5, 5.41) is 20.0. The molecular formula is C71H44N6O. The number of para-hydroxylation sites is 5. The van der Waals surface area contributed by atoms with Crippen LogP contribution in [0.2, 0.25) is 0 Å². The molecule has 0 amide bonds. The third kappa shape index (κ3) is 6.01. The van der Waals surface area contributed by atoms with Gasteiger partial charge in [-0.25, -0.2) is 4.85 Å². The number of anilines is 3. The Morgan fingerprint density at radius 1 is 0.449 bits per heavy atom. The van der Waals surface area contributed by atoms with E-state index in [2.05, 4.69) is 231 Å². The summed E-state index contributed by atoms with van der Waals surface area (Å²) in [6.07, 6.45) is 0. The van der Waals surface area contributed by atoms with Crippen molar-refractivity contribution in [3.63, 3.8) is 0 Å². The molecule has 0 N–H and O–H groups in total. The molecule has 7 nitrogen and oxygen atoms in total. The number of nitrogens with zero attached hydrogens (tertiary/aromatic N) is 6. The highest BCUT2D eigenvalue weighted by Gasteiger charge is 2.36. The van der Waals surface area contributed by atoms with Crippen LogP contribution in [0.1, 0.15) is 30.5 Å². The normalized spacial score (nSPS) is 12.8. The van der Waals surface area contributed by atoms with Crippen LogP contribution < -0.4 is 4.90 Å². The van der Waals surface area contributed by atoms with Crippen molar-refractivity contribution < 1.29 is 4.42 Å². The van der Waals surface area contributed by atoms with Crippen molar-refractivity contribution in [3.05, 3.63) is 259 Å². The second-order valence-corrected chi connectivity index (χ2v) is 21.1. The molecule has 78 heavy (non-hydrogen) atoms. The monoisotopic (exact) mass is 996 g/mol. The van der Waals surface area contributed by atoms with Crippen LogP contribution in [-0.2, 0) is 5.41 Å². The van der Waals surface area contributed by atoms with E-state index in [-0.39, 0.29) is 5.41 Å². The van der Waals surface area contributed by atoms with E-state index in [1.165, 1.54) is 33.0 Å². The van der Waals surface area contributed by atoms with Crippen LogP contribution in [0.3, 0.4) is 0 Å². The van der Waals surface area contributed by atoms with Gasteiger partial charge in [0.25, 0.3) is 0 Å². The summed E-state index contributed by atoms with van der Waals surface area (Å²) in [7, 11) is 0. The van der Waals surface area contributed by atoms with Crippen molar-refractivity contribution in [2.24, 2.45) is 0 Å². The Morgan fingerprint density at radius 2 is 1.05 bits per heavy atom. The first-order chi connectivity index (χ1) is 38.4. The zero-order valence-electron chi connectivity index (χ0n) is 42.5. The molecule has 11 aromatic carbocycles. The molecule has 1 aliphatic rings. The van der Waals surface area contributed by atoms with Crippen molar-refractivity contribution in [1.29, 1.82) is 5.26 Å². The molecule has 0 saturated carbocycles. The highest BCUT2D eigenvalue weighted by atomic mass is 16.3. The van der Waals surface area contributed by atoms with Gasteiger partial charge >= 0.3 is 0 Å². The highest BCUT2D eigenvalue weighted by molar-refractivity contribution is 6.24. The number of benzene rings is 11. The van der Waals surface area contributed by atoms with Crippen LogP contribution in [0.5, 0.6) is 0 Å². The number of hydrogen-bond donors (Lipinski definition) is 0. The molecule has 0 saturated heterocycles. The predicted octanol–water partition coefficient (Wildman–Crippen LogP) is 19.1. The second kappa shape index (κ2) is 16.2. The summed E-state index contributed by atoms with van der Waals surface area (Å²) >= 11 is 0. The van der Waals surface area contributed by atoms with Gasteiger partial charge in [0, 0.05) is 65.9 Å². The van der Waals surface area contributed by atoms with Gasteiger partial charge in [0.1, 0.15) is 17.2 Å². The quantitative estimate of drug-likeness (QED) is 0.156. The topological polar surface area (TPSA) is 59.3 Å². The van der Waals surface area contributed by atoms with Crippen LogP contribution in [0.4, 0.5) is 22.7 Å². The van der Waals surface area contributed by atoms with Gasteiger partial charge in [-0.2, -0.15) is 5.26 Å². The Bertz CT molecular complexity index is 5060. The lowest BCUT2D eigenvalue weighted by Crippen LogP contribution is -2.15. The third-order valence-corrected chi connectivity index (χ3v) is 16.6. The van der Waals surface area contributed by atoms with E-state index in [0.29, 0.717) is 22.6 Å². The first-order valence-electron chi connectivity index (χ1n) is 26.3. The fourth-order valence-corrected chi connectivity index (χ4v) is 13.2. The van der Waals surface area contributed by atoms with Gasteiger partial charge in [-0.3, -0.25) is 0 Å². The van der Waals surface area contributed by atoms with Gasteiger partial charge in [-0.05, 0) is 138 Å². The Kier molecular flexibility index (Phi) is 9.09. The maximum absolute atomic E-state index is 11.5. The van der Waals surface area contributed by atoms with Gasteiger partial charge < -0.3 is 23.0 Å². The second-order valence-electron chi connectivity index (χ2n) is 21.1. The fraction of sp³-hybridized carbons (Fsp3) is 0.0423. The fourth-order valence-electron chi connectivity index (χ4n) is 13.2. The average molecular weight is 997 g/mol. The molecular weight excluding hydrogens is 953 g/mol. The molecule has 364 valence electrons.